The third-order valence-corrected chi connectivity index (χ3v) is 3.26. The van der Waals surface area contributed by atoms with Crippen molar-refractivity contribution in [1.29, 1.82) is 0 Å². The Morgan fingerprint density at radius 3 is 2.73 bits per heavy atom. The Kier molecular flexibility index (Phi) is 2.91. The monoisotopic (exact) mass is 242 g/mol. The topological polar surface area (TPSA) is 17.0 Å². The van der Waals surface area contributed by atoms with Crippen LogP contribution in [0.3, 0.4) is 0 Å². The standard InChI is InChI=1S/C11H12Cl2N2/c1-14-6-9-8-4-3-7(12)5-10(8)15(2)11(9)13/h3-5,14H,6H2,1-2H3. The number of hydrogen-bond acceptors (Lipinski definition) is 1. The van der Waals surface area contributed by atoms with Crippen LogP contribution in [-0.4, -0.2) is 11.6 Å². The number of fused-ring (bicyclic) bond motifs is 1. The molecular formula is C11H12Cl2N2. The summed E-state index contributed by atoms with van der Waals surface area (Å²) in [7, 11) is 3.85. The van der Waals surface area contributed by atoms with Crippen LogP contribution >= 0.6 is 23.2 Å². The average molecular weight is 243 g/mol. The van der Waals surface area contributed by atoms with Crippen LogP contribution < -0.4 is 5.32 Å². The summed E-state index contributed by atoms with van der Waals surface area (Å²) in [5, 5.41) is 5.77. The van der Waals surface area contributed by atoms with Crippen molar-refractivity contribution in [2.24, 2.45) is 7.05 Å². The van der Waals surface area contributed by atoms with Gasteiger partial charge in [-0.3, -0.25) is 0 Å². The molecule has 80 valence electrons. The first-order valence-electron chi connectivity index (χ1n) is 4.72. The fraction of sp³-hybridized carbons (Fsp3) is 0.273. The van der Waals surface area contributed by atoms with Crippen LogP contribution in [0.1, 0.15) is 5.56 Å². The lowest BCUT2D eigenvalue weighted by Crippen LogP contribution is -2.05. The van der Waals surface area contributed by atoms with Crippen molar-refractivity contribution in [2.45, 2.75) is 6.54 Å². The number of nitrogens with zero attached hydrogens (tertiary/aromatic N) is 1. The van der Waals surface area contributed by atoms with Gasteiger partial charge in [0.05, 0.1) is 5.52 Å². The van der Waals surface area contributed by atoms with Gasteiger partial charge in [-0.15, -0.1) is 0 Å². The van der Waals surface area contributed by atoms with E-state index in [1.807, 2.05) is 36.9 Å². The molecule has 0 fully saturated rings. The Morgan fingerprint density at radius 2 is 2.07 bits per heavy atom. The maximum Gasteiger partial charge on any atom is 0.114 e. The fourth-order valence-corrected chi connectivity index (χ4v) is 2.23. The summed E-state index contributed by atoms with van der Waals surface area (Å²) in [5.74, 6) is 0. The molecule has 0 radical (unpaired) electrons. The van der Waals surface area contributed by atoms with Gasteiger partial charge in [-0.25, -0.2) is 0 Å². The van der Waals surface area contributed by atoms with Crippen molar-refractivity contribution in [3.05, 3.63) is 33.9 Å². The van der Waals surface area contributed by atoms with Crippen LogP contribution in [0.25, 0.3) is 10.9 Å². The van der Waals surface area contributed by atoms with Crippen molar-refractivity contribution in [1.82, 2.24) is 9.88 Å². The molecule has 0 saturated heterocycles. The number of aromatic nitrogens is 1. The maximum atomic E-state index is 6.25. The SMILES string of the molecule is CNCc1c(Cl)n(C)c2cc(Cl)ccc12. The minimum atomic E-state index is 0.732. The Hall–Kier alpha value is -0.700. The smallest absolute Gasteiger partial charge is 0.114 e. The van der Waals surface area contributed by atoms with Gasteiger partial charge in [0.2, 0.25) is 0 Å². The van der Waals surface area contributed by atoms with Crippen LogP contribution in [0.2, 0.25) is 10.2 Å². The van der Waals surface area contributed by atoms with Crippen molar-refractivity contribution >= 4 is 34.1 Å². The lowest BCUT2D eigenvalue weighted by Gasteiger charge is -1.98. The van der Waals surface area contributed by atoms with E-state index in [2.05, 4.69) is 5.32 Å². The van der Waals surface area contributed by atoms with Crippen molar-refractivity contribution in [3.8, 4) is 0 Å². The summed E-state index contributed by atoms with van der Waals surface area (Å²) >= 11 is 12.2. The van der Waals surface area contributed by atoms with Gasteiger partial charge in [0, 0.05) is 29.6 Å². The summed E-state index contributed by atoms with van der Waals surface area (Å²) in [4.78, 5) is 0. The zero-order chi connectivity index (χ0) is 11.0. The van der Waals surface area contributed by atoms with Gasteiger partial charge in [-0.2, -0.15) is 0 Å². The van der Waals surface area contributed by atoms with Gasteiger partial charge in [-0.1, -0.05) is 29.3 Å². The van der Waals surface area contributed by atoms with Gasteiger partial charge >= 0.3 is 0 Å². The highest BCUT2D eigenvalue weighted by Gasteiger charge is 2.12. The zero-order valence-electron chi connectivity index (χ0n) is 8.64. The molecule has 1 aromatic heterocycles. The first-order valence-corrected chi connectivity index (χ1v) is 5.47. The molecule has 1 N–H and O–H groups in total. The molecule has 4 heteroatoms. The van der Waals surface area contributed by atoms with Gasteiger partial charge in [0.15, 0.2) is 0 Å². The van der Waals surface area contributed by atoms with E-state index in [1.54, 1.807) is 0 Å². The Balaban J connectivity index is 2.75. The van der Waals surface area contributed by atoms with E-state index in [1.165, 1.54) is 0 Å². The number of aryl methyl sites for hydroxylation is 1. The average Bonchev–Trinajstić information content (AvgIpc) is 2.44. The molecule has 0 amide bonds. The normalized spacial score (nSPS) is 11.2. The first-order chi connectivity index (χ1) is 7.15. The highest BCUT2D eigenvalue weighted by atomic mass is 35.5. The van der Waals surface area contributed by atoms with E-state index in [0.29, 0.717) is 0 Å². The molecule has 2 aromatic rings. The molecule has 0 bridgehead atoms. The van der Waals surface area contributed by atoms with E-state index >= 15 is 0 Å². The molecule has 0 aliphatic rings. The van der Waals surface area contributed by atoms with E-state index in [0.717, 1.165) is 33.2 Å². The molecule has 15 heavy (non-hydrogen) atoms. The summed E-state index contributed by atoms with van der Waals surface area (Å²) in [6.45, 7) is 0.762. The number of nitrogens with one attached hydrogen (secondary N) is 1. The van der Waals surface area contributed by atoms with Crippen molar-refractivity contribution < 1.29 is 0 Å². The minimum Gasteiger partial charge on any atom is -0.334 e. The minimum absolute atomic E-state index is 0.732. The Morgan fingerprint density at radius 1 is 1.33 bits per heavy atom. The zero-order valence-corrected chi connectivity index (χ0v) is 10.2. The van der Waals surface area contributed by atoms with Gasteiger partial charge in [-0.05, 0) is 19.2 Å². The third kappa shape index (κ3) is 1.73. The molecule has 2 nitrogen and oxygen atoms in total. The first kappa shape index (κ1) is 10.8. The van der Waals surface area contributed by atoms with Crippen LogP contribution in [-0.2, 0) is 13.6 Å². The number of rotatable bonds is 2. The van der Waals surface area contributed by atoms with E-state index in [4.69, 9.17) is 23.2 Å². The molecule has 0 spiro atoms. The Labute approximate surface area is 98.8 Å². The van der Waals surface area contributed by atoms with Gasteiger partial charge in [0.1, 0.15) is 5.15 Å². The predicted molar refractivity (Wildman–Crippen MR) is 65.7 cm³/mol. The third-order valence-electron chi connectivity index (χ3n) is 2.54. The second-order valence-corrected chi connectivity index (χ2v) is 4.31. The van der Waals surface area contributed by atoms with Crippen LogP contribution in [0.15, 0.2) is 18.2 Å². The number of hydrogen-bond donors (Lipinski definition) is 1. The maximum absolute atomic E-state index is 6.25. The second-order valence-electron chi connectivity index (χ2n) is 3.52. The quantitative estimate of drug-likeness (QED) is 0.856. The Bertz CT molecular complexity index is 503. The van der Waals surface area contributed by atoms with E-state index in [9.17, 15) is 0 Å². The van der Waals surface area contributed by atoms with Crippen molar-refractivity contribution in [3.63, 3.8) is 0 Å². The molecule has 0 aliphatic heterocycles. The highest BCUT2D eigenvalue weighted by molar-refractivity contribution is 6.33. The molecular weight excluding hydrogens is 231 g/mol. The number of halogens is 2. The van der Waals surface area contributed by atoms with E-state index < -0.39 is 0 Å². The second kappa shape index (κ2) is 4.05. The largest absolute Gasteiger partial charge is 0.334 e. The summed E-state index contributed by atoms with van der Waals surface area (Å²) < 4.78 is 1.95. The molecule has 0 saturated carbocycles. The van der Waals surface area contributed by atoms with Crippen LogP contribution in [0.5, 0.6) is 0 Å². The fourth-order valence-electron chi connectivity index (χ4n) is 1.80. The molecule has 1 heterocycles. The molecule has 0 unspecified atom stereocenters. The predicted octanol–water partition coefficient (Wildman–Crippen LogP) is 3.20. The van der Waals surface area contributed by atoms with Crippen molar-refractivity contribution in [2.75, 3.05) is 7.05 Å². The molecule has 2 rings (SSSR count). The lowest BCUT2D eigenvalue weighted by atomic mass is 10.2. The van der Waals surface area contributed by atoms with Crippen LogP contribution in [0, 0.1) is 0 Å². The van der Waals surface area contributed by atoms with Gasteiger partial charge in [0.25, 0.3) is 0 Å². The molecule has 0 aliphatic carbocycles. The van der Waals surface area contributed by atoms with E-state index in [-0.39, 0.29) is 0 Å². The molecule has 0 atom stereocenters. The molecule has 1 aromatic carbocycles. The van der Waals surface area contributed by atoms with Gasteiger partial charge < -0.3 is 9.88 Å². The highest BCUT2D eigenvalue weighted by Crippen LogP contribution is 2.30. The lowest BCUT2D eigenvalue weighted by molar-refractivity contribution is 0.816. The van der Waals surface area contributed by atoms with Crippen LogP contribution in [0.4, 0.5) is 0 Å². The summed E-state index contributed by atoms with van der Waals surface area (Å²) in [6, 6.07) is 5.83. The summed E-state index contributed by atoms with van der Waals surface area (Å²) in [5.41, 5.74) is 2.19. The summed E-state index contributed by atoms with van der Waals surface area (Å²) in [6.07, 6.45) is 0. The number of benzene rings is 1.